The molecule has 2 rings (SSSR count). The number of carbonyl (C=O) groups is 2. The fraction of sp³-hybridized carbons (Fsp3) is 0. The summed E-state index contributed by atoms with van der Waals surface area (Å²) in [6.07, 6.45) is 2.46. The Kier molecular flexibility index (Phi) is 2.82. The fourth-order valence-corrected chi connectivity index (χ4v) is 1.11. The van der Waals surface area contributed by atoms with Crippen molar-refractivity contribution in [2.45, 2.75) is 0 Å². The van der Waals surface area contributed by atoms with Gasteiger partial charge in [0.2, 0.25) is 0 Å². The third-order valence-electron chi connectivity index (χ3n) is 1.88. The molecule has 0 aliphatic heterocycles. The van der Waals surface area contributed by atoms with E-state index >= 15 is 0 Å². The largest absolute Gasteiger partial charge is 0.478 e. The molecule has 2 aromatic rings. The van der Waals surface area contributed by atoms with Gasteiger partial charge < -0.3 is 14.8 Å². The second kappa shape index (κ2) is 4.44. The summed E-state index contributed by atoms with van der Waals surface area (Å²) in [6.45, 7) is 0. The van der Waals surface area contributed by atoms with Gasteiger partial charge in [-0.15, -0.1) is 5.10 Å². The standard InChI is InChI=1S/C10H7N3O4/c14-9(12-8-2-1-3-11-13-8)7-4-6(5-17-7)10(15)16/h1-5H,(H,15,16)(H,12,13,14). The van der Waals surface area contributed by atoms with Crippen LogP contribution in [0.15, 0.2) is 35.1 Å². The number of hydrogen-bond acceptors (Lipinski definition) is 5. The molecule has 0 aliphatic carbocycles. The van der Waals surface area contributed by atoms with Crippen LogP contribution in [0.3, 0.4) is 0 Å². The smallest absolute Gasteiger partial charge is 0.338 e. The molecule has 2 N–H and O–H groups in total. The Morgan fingerprint density at radius 2 is 2.24 bits per heavy atom. The van der Waals surface area contributed by atoms with E-state index in [9.17, 15) is 9.59 Å². The monoisotopic (exact) mass is 233 g/mol. The molecule has 7 heteroatoms. The van der Waals surface area contributed by atoms with E-state index in [-0.39, 0.29) is 17.1 Å². The van der Waals surface area contributed by atoms with Crippen LogP contribution in [-0.4, -0.2) is 27.2 Å². The number of hydrogen-bond donors (Lipinski definition) is 2. The van der Waals surface area contributed by atoms with Gasteiger partial charge in [-0.25, -0.2) is 4.79 Å². The zero-order chi connectivity index (χ0) is 12.3. The van der Waals surface area contributed by atoms with Gasteiger partial charge in [0.05, 0.1) is 5.56 Å². The Morgan fingerprint density at radius 1 is 1.41 bits per heavy atom. The average Bonchev–Trinajstić information content (AvgIpc) is 2.79. The van der Waals surface area contributed by atoms with Crippen molar-refractivity contribution in [3.8, 4) is 0 Å². The highest BCUT2D eigenvalue weighted by molar-refractivity contribution is 6.03. The van der Waals surface area contributed by atoms with Crippen LogP contribution in [0.5, 0.6) is 0 Å². The second-order valence-electron chi connectivity index (χ2n) is 3.07. The zero-order valence-corrected chi connectivity index (χ0v) is 8.45. The zero-order valence-electron chi connectivity index (χ0n) is 8.45. The van der Waals surface area contributed by atoms with E-state index in [4.69, 9.17) is 9.52 Å². The molecule has 0 aromatic carbocycles. The molecule has 0 bridgehead atoms. The average molecular weight is 233 g/mol. The van der Waals surface area contributed by atoms with Gasteiger partial charge in [-0.1, -0.05) is 0 Å². The molecule has 0 fully saturated rings. The lowest BCUT2D eigenvalue weighted by molar-refractivity contribution is 0.0696. The van der Waals surface area contributed by atoms with Crippen molar-refractivity contribution in [3.05, 3.63) is 42.0 Å². The van der Waals surface area contributed by atoms with E-state index in [0.29, 0.717) is 0 Å². The minimum absolute atomic E-state index is 0.0886. The lowest BCUT2D eigenvalue weighted by Crippen LogP contribution is -2.12. The number of aromatic carboxylic acids is 1. The summed E-state index contributed by atoms with van der Waals surface area (Å²) in [5.41, 5.74) is -0.0886. The van der Waals surface area contributed by atoms with E-state index < -0.39 is 11.9 Å². The molecule has 1 amide bonds. The maximum Gasteiger partial charge on any atom is 0.338 e. The molecular weight excluding hydrogens is 226 g/mol. The number of carbonyl (C=O) groups excluding carboxylic acids is 1. The number of furan rings is 1. The van der Waals surface area contributed by atoms with Gasteiger partial charge in [-0.3, -0.25) is 4.79 Å². The van der Waals surface area contributed by atoms with E-state index in [1.807, 2.05) is 0 Å². The highest BCUT2D eigenvalue weighted by atomic mass is 16.4. The Balaban J connectivity index is 2.12. The number of rotatable bonds is 3. The Hall–Kier alpha value is -2.70. The van der Waals surface area contributed by atoms with Crippen molar-refractivity contribution in [1.82, 2.24) is 10.2 Å². The third-order valence-corrected chi connectivity index (χ3v) is 1.88. The predicted molar refractivity (Wildman–Crippen MR) is 55.7 cm³/mol. The van der Waals surface area contributed by atoms with Gasteiger partial charge in [-0.2, -0.15) is 5.10 Å². The number of nitrogens with zero attached hydrogens (tertiary/aromatic N) is 2. The molecule has 7 nitrogen and oxygen atoms in total. The van der Waals surface area contributed by atoms with Crippen LogP contribution >= 0.6 is 0 Å². The summed E-state index contributed by atoms with van der Waals surface area (Å²) in [5, 5.41) is 18.3. The van der Waals surface area contributed by atoms with Crippen molar-refractivity contribution in [1.29, 1.82) is 0 Å². The molecule has 2 heterocycles. The summed E-state index contributed by atoms with van der Waals surface area (Å²) >= 11 is 0. The minimum Gasteiger partial charge on any atom is -0.478 e. The molecule has 0 saturated carbocycles. The number of nitrogens with one attached hydrogen (secondary N) is 1. The van der Waals surface area contributed by atoms with Crippen molar-refractivity contribution in [2.75, 3.05) is 5.32 Å². The Bertz CT molecular complexity index is 550. The topological polar surface area (TPSA) is 105 Å². The number of carboxylic acid groups (broad SMARTS) is 1. The molecule has 0 atom stereocenters. The first-order valence-electron chi connectivity index (χ1n) is 4.57. The van der Waals surface area contributed by atoms with Gasteiger partial charge in [0, 0.05) is 12.3 Å². The van der Waals surface area contributed by atoms with Gasteiger partial charge in [-0.05, 0) is 12.1 Å². The fourth-order valence-electron chi connectivity index (χ4n) is 1.11. The highest BCUT2D eigenvalue weighted by Crippen LogP contribution is 2.10. The van der Waals surface area contributed by atoms with Crippen molar-refractivity contribution in [3.63, 3.8) is 0 Å². The van der Waals surface area contributed by atoms with Crippen LogP contribution in [-0.2, 0) is 0 Å². The first-order valence-corrected chi connectivity index (χ1v) is 4.57. The molecule has 0 unspecified atom stereocenters. The molecule has 0 radical (unpaired) electrons. The lowest BCUT2D eigenvalue weighted by Gasteiger charge is -1.99. The summed E-state index contributed by atoms with van der Waals surface area (Å²) in [6, 6.07) is 4.29. The second-order valence-corrected chi connectivity index (χ2v) is 3.07. The predicted octanol–water partition coefficient (Wildman–Crippen LogP) is 1.02. The summed E-state index contributed by atoms with van der Waals surface area (Å²) in [4.78, 5) is 22.2. The minimum atomic E-state index is -1.16. The van der Waals surface area contributed by atoms with Crippen LogP contribution in [0, 0.1) is 0 Å². The van der Waals surface area contributed by atoms with Crippen LogP contribution in [0.4, 0.5) is 5.82 Å². The maximum absolute atomic E-state index is 11.6. The quantitative estimate of drug-likeness (QED) is 0.819. The van der Waals surface area contributed by atoms with Gasteiger partial charge in [0.1, 0.15) is 6.26 Å². The van der Waals surface area contributed by atoms with Crippen molar-refractivity contribution in [2.24, 2.45) is 0 Å². The van der Waals surface area contributed by atoms with Crippen LogP contribution < -0.4 is 5.32 Å². The molecule has 17 heavy (non-hydrogen) atoms. The van der Waals surface area contributed by atoms with Crippen molar-refractivity contribution < 1.29 is 19.1 Å². The number of anilines is 1. The molecule has 0 spiro atoms. The summed E-state index contributed by atoms with van der Waals surface area (Å²) in [5.74, 6) is -1.59. The number of carboxylic acids is 1. The molecule has 2 aromatic heterocycles. The first kappa shape index (κ1) is 10.8. The number of amides is 1. The highest BCUT2D eigenvalue weighted by Gasteiger charge is 2.14. The third kappa shape index (κ3) is 2.46. The van der Waals surface area contributed by atoms with Crippen molar-refractivity contribution >= 4 is 17.7 Å². The van der Waals surface area contributed by atoms with Gasteiger partial charge in [0.15, 0.2) is 11.6 Å². The number of aromatic nitrogens is 2. The Morgan fingerprint density at radius 3 is 2.82 bits per heavy atom. The normalized spacial score (nSPS) is 9.88. The van der Waals surface area contributed by atoms with E-state index in [1.54, 1.807) is 12.1 Å². The van der Waals surface area contributed by atoms with Crippen LogP contribution in [0.25, 0.3) is 0 Å². The van der Waals surface area contributed by atoms with E-state index in [0.717, 1.165) is 12.3 Å². The van der Waals surface area contributed by atoms with Gasteiger partial charge >= 0.3 is 5.97 Å². The molecule has 86 valence electrons. The van der Waals surface area contributed by atoms with Crippen LogP contribution in [0.2, 0.25) is 0 Å². The molecule has 0 aliphatic rings. The molecule has 0 saturated heterocycles. The van der Waals surface area contributed by atoms with Gasteiger partial charge in [0.25, 0.3) is 5.91 Å². The maximum atomic E-state index is 11.6. The summed E-state index contributed by atoms with van der Waals surface area (Å²) < 4.78 is 4.82. The lowest BCUT2D eigenvalue weighted by atomic mass is 10.3. The SMILES string of the molecule is O=C(O)c1coc(C(=O)Nc2cccnn2)c1. The molecular formula is C10H7N3O4. The first-order chi connectivity index (χ1) is 8.16. The Labute approximate surface area is 95.1 Å². The summed E-state index contributed by atoms with van der Waals surface area (Å²) in [7, 11) is 0. The van der Waals surface area contributed by atoms with Crippen LogP contribution in [0.1, 0.15) is 20.9 Å². The van der Waals surface area contributed by atoms with E-state index in [2.05, 4.69) is 15.5 Å². The van der Waals surface area contributed by atoms with E-state index in [1.165, 1.54) is 6.20 Å².